The van der Waals surface area contributed by atoms with Crippen LogP contribution in [0.1, 0.15) is 24.5 Å². The van der Waals surface area contributed by atoms with Gasteiger partial charge in [-0.2, -0.15) is 0 Å². The third kappa shape index (κ3) is 4.18. The second kappa shape index (κ2) is 7.67. The Balaban J connectivity index is 1.68. The number of carbonyl (C=O) groups is 1. The Morgan fingerprint density at radius 1 is 1.44 bits per heavy atom. The second-order valence-corrected chi connectivity index (χ2v) is 6.33. The Bertz CT molecular complexity index is 744. The highest BCUT2D eigenvalue weighted by atomic mass is 16.5. The second-order valence-electron chi connectivity index (χ2n) is 6.33. The molecule has 1 atom stereocenters. The molecule has 1 unspecified atom stereocenters. The number of aliphatic hydroxyl groups is 1. The Morgan fingerprint density at radius 2 is 2.20 bits per heavy atom. The summed E-state index contributed by atoms with van der Waals surface area (Å²) in [5, 5.41) is 22.9. The van der Waals surface area contributed by atoms with Gasteiger partial charge in [0.25, 0.3) is 0 Å². The van der Waals surface area contributed by atoms with Gasteiger partial charge < -0.3 is 25.2 Å². The molecule has 1 aromatic heterocycles. The van der Waals surface area contributed by atoms with Crippen LogP contribution in [-0.4, -0.2) is 59.0 Å². The lowest BCUT2D eigenvalue weighted by molar-refractivity contribution is 0.0942. The van der Waals surface area contributed by atoms with Gasteiger partial charge in [0.1, 0.15) is 5.75 Å². The number of piperidine rings is 1. The van der Waals surface area contributed by atoms with Crippen molar-refractivity contribution in [3.8, 4) is 5.75 Å². The Hall–Kier alpha value is -2.38. The van der Waals surface area contributed by atoms with Gasteiger partial charge in [0, 0.05) is 31.1 Å². The average Bonchev–Trinajstić information content (AvgIpc) is 2.62. The van der Waals surface area contributed by atoms with E-state index in [0.29, 0.717) is 12.3 Å². The first kappa shape index (κ1) is 17.4. The van der Waals surface area contributed by atoms with Gasteiger partial charge in [0.05, 0.1) is 24.9 Å². The zero-order chi connectivity index (χ0) is 17.8. The highest BCUT2D eigenvalue weighted by Gasteiger charge is 2.23. The predicted molar refractivity (Wildman–Crippen MR) is 93.9 cm³/mol. The largest absolute Gasteiger partial charge is 0.495 e. The molecule has 7 nitrogen and oxygen atoms in total. The van der Waals surface area contributed by atoms with Crippen molar-refractivity contribution in [1.29, 1.82) is 0 Å². The molecule has 0 aliphatic carbocycles. The van der Waals surface area contributed by atoms with Crippen LogP contribution in [0.3, 0.4) is 0 Å². The van der Waals surface area contributed by atoms with E-state index in [1.165, 1.54) is 0 Å². The third-order valence-electron chi connectivity index (χ3n) is 4.68. The summed E-state index contributed by atoms with van der Waals surface area (Å²) in [7, 11) is 1.59. The quantitative estimate of drug-likeness (QED) is 0.767. The van der Waals surface area contributed by atoms with Gasteiger partial charge in [-0.05, 0) is 30.5 Å². The van der Waals surface area contributed by atoms with Crippen LogP contribution in [0.2, 0.25) is 0 Å². The molecular weight excluding hydrogens is 322 g/mol. The van der Waals surface area contributed by atoms with Gasteiger partial charge in [0.2, 0.25) is 0 Å². The van der Waals surface area contributed by atoms with E-state index in [1.54, 1.807) is 13.3 Å². The van der Waals surface area contributed by atoms with Crippen molar-refractivity contribution in [2.45, 2.75) is 25.0 Å². The number of likely N-dealkylation sites (tertiary alicyclic amines) is 1. The summed E-state index contributed by atoms with van der Waals surface area (Å²) in [5.41, 5.74) is 1.65. The molecule has 1 aromatic carbocycles. The maximum atomic E-state index is 10.7. The van der Waals surface area contributed by atoms with Gasteiger partial charge in [-0.3, -0.25) is 4.98 Å². The molecule has 25 heavy (non-hydrogen) atoms. The van der Waals surface area contributed by atoms with Gasteiger partial charge in [-0.1, -0.05) is 12.1 Å². The molecule has 1 fully saturated rings. The number of ether oxygens (including phenoxy) is 1. The van der Waals surface area contributed by atoms with Crippen LogP contribution in [0.15, 0.2) is 30.5 Å². The summed E-state index contributed by atoms with van der Waals surface area (Å²) in [4.78, 5) is 17.2. The number of β-amino-alcohol motifs (C(OH)–C–C–N with tert-alkyl or cyclic N) is 1. The lowest BCUT2D eigenvalue weighted by Crippen LogP contribution is -2.45. The zero-order valence-corrected chi connectivity index (χ0v) is 14.2. The number of rotatable bonds is 5. The maximum Gasteiger partial charge on any atom is 0.404 e. The summed E-state index contributed by atoms with van der Waals surface area (Å²) in [5.74, 6) is 0.660. The molecule has 0 spiro atoms. The molecule has 0 saturated carbocycles. The number of nitrogens with one attached hydrogen (secondary N) is 1. The van der Waals surface area contributed by atoms with Crippen molar-refractivity contribution < 1.29 is 19.7 Å². The summed E-state index contributed by atoms with van der Waals surface area (Å²) < 4.78 is 5.24. The first-order valence-corrected chi connectivity index (χ1v) is 8.39. The van der Waals surface area contributed by atoms with E-state index in [0.717, 1.165) is 42.4 Å². The van der Waals surface area contributed by atoms with Crippen LogP contribution in [0.5, 0.6) is 5.75 Å². The van der Waals surface area contributed by atoms with Gasteiger partial charge in [-0.15, -0.1) is 0 Å². The number of pyridine rings is 1. The van der Waals surface area contributed by atoms with Gasteiger partial charge in [-0.25, -0.2) is 4.79 Å². The van der Waals surface area contributed by atoms with Gasteiger partial charge in [0.15, 0.2) is 0 Å². The maximum absolute atomic E-state index is 10.7. The summed E-state index contributed by atoms with van der Waals surface area (Å²) in [6.07, 6.45) is 1.56. The number of hydrogen-bond acceptors (Lipinski definition) is 5. The van der Waals surface area contributed by atoms with E-state index in [9.17, 15) is 9.90 Å². The number of aliphatic hydroxyl groups excluding tert-OH is 1. The number of nitrogens with zero attached hydrogens (tertiary/aromatic N) is 2. The van der Waals surface area contributed by atoms with Crippen molar-refractivity contribution in [2.75, 3.05) is 26.7 Å². The Kier molecular flexibility index (Phi) is 5.35. The Labute approximate surface area is 146 Å². The van der Waals surface area contributed by atoms with Crippen LogP contribution in [0, 0.1) is 0 Å². The lowest BCUT2D eigenvalue weighted by atomic mass is 10.0. The van der Waals surface area contributed by atoms with Crippen molar-refractivity contribution in [2.24, 2.45) is 0 Å². The minimum absolute atomic E-state index is 0.00286. The topological polar surface area (TPSA) is 94.9 Å². The van der Waals surface area contributed by atoms with Crippen molar-refractivity contribution >= 4 is 17.0 Å². The summed E-state index contributed by atoms with van der Waals surface area (Å²) in [6, 6.07) is 7.60. The SMILES string of the molecule is COc1cnc2cccc(C(O)CN3CCC(NC(=O)O)CC3)c2c1. The number of carboxylic acid groups (broad SMARTS) is 1. The van der Waals surface area contributed by atoms with Crippen molar-refractivity contribution in [3.63, 3.8) is 0 Å². The lowest BCUT2D eigenvalue weighted by Gasteiger charge is -2.33. The fourth-order valence-electron chi connectivity index (χ4n) is 3.33. The number of benzene rings is 1. The number of hydrogen-bond donors (Lipinski definition) is 3. The molecule has 1 aliphatic heterocycles. The number of methoxy groups -OCH3 is 1. The molecule has 2 aromatic rings. The molecule has 2 heterocycles. The third-order valence-corrected chi connectivity index (χ3v) is 4.68. The fraction of sp³-hybridized carbons (Fsp3) is 0.444. The smallest absolute Gasteiger partial charge is 0.404 e. The molecular formula is C18H23N3O4. The van der Waals surface area contributed by atoms with Crippen LogP contribution < -0.4 is 10.1 Å². The van der Waals surface area contributed by atoms with Crippen LogP contribution in [-0.2, 0) is 0 Å². The number of fused-ring (bicyclic) bond motifs is 1. The average molecular weight is 345 g/mol. The van der Waals surface area contributed by atoms with E-state index < -0.39 is 12.2 Å². The minimum Gasteiger partial charge on any atom is -0.495 e. The molecule has 1 amide bonds. The first-order valence-electron chi connectivity index (χ1n) is 8.39. The van der Waals surface area contributed by atoms with Crippen LogP contribution in [0.25, 0.3) is 10.9 Å². The number of amides is 1. The highest BCUT2D eigenvalue weighted by molar-refractivity contribution is 5.83. The van der Waals surface area contributed by atoms with Crippen LogP contribution in [0.4, 0.5) is 4.79 Å². The molecule has 3 rings (SSSR count). The number of aromatic nitrogens is 1. The van der Waals surface area contributed by atoms with E-state index in [2.05, 4.69) is 15.2 Å². The molecule has 0 radical (unpaired) electrons. The van der Waals surface area contributed by atoms with Gasteiger partial charge >= 0.3 is 6.09 Å². The zero-order valence-electron chi connectivity index (χ0n) is 14.2. The molecule has 7 heteroatoms. The standard InChI is InChI=1S/C18H23N3O4/c1-25-13-9-15-14(3-2-4-16(15)19-10-13)17(22)11-21-7-5-12(6-8-21)20-18(23)24/h2-4,9-10,12,17,20,22H,5-8,11H2,1H3,(H,23,24). The minimum atomic E-state index is -0.976. The van der Waals surface area contributed by atoms with E-state index in [1.807, 2.05) is 24.3 Å². The summed E-state index contributed by atoms with van der Waals surface area (Å²) >= 11 is 0. The molecule has 1 aliphatic rings. The fourth-order valence-corrected chi connectivity index (χ4v) is 3.33. The molecule has 134 valence electrons. The van der Waals surface area contributed by atoms with E-state index in [4.69, 9.17) is 9.84 Å². The van der Waals surface area contributed by atoms with Crippen molar-refractivity contribution in [1.82, 2.24) is 15.2 Å². The van der Waals surface area contributed by atoms with Crippen LogP contribution >= 0.6 is 0 Å². The Morgan fingerprint density at radius 3 is 2.88 bits per heavy atom. The highest BCUT2D eigenvalue weighted by Crippen LogP contribution is 2.27. The summed E-state index contributed by atoms with van der Waals surface area (Å²) in [6.45, 7) is 2.03. The normalized spacial score (nSPS) is 17.4. The molecule has 0 bridgehead atoms. The first-order chi connectivity index (χ1) is 12.1. The monoisotopic (exact) mass is 345 g/mol. The van der Waals surface area contributed by atoms with Crippen molar-refractivity contribution in [3.05, 3.63) is 36.0 Å². The predicted octanol–water partition coefficient (Wildman–Crippen LogP) is 2.01. The molecule has 3 N–H and O–H groups in total. The van der Waals surface area contributed by atoms with E-state index >= 15 is 0 Å². The molecule has 1 saturated heterocycles. The van der Waals surface area contributed by atoms with E-state index in [-0.39, 0.29) is 6.04 Å².